The highest BCUT2D eigenvalue weighted by Gasteiger charge is 2.06. The smallest absolute Gasteiger partial charge is 0.0395 e. The number of halogens is 1. The van der Waals surface area contributed by atoms with Gasteiger partial charge in [-0.1, -0.05) is 92.6 Å². The Labute approximate surface area is 128 Å². The molecule has 0 aromatic heterocycles. The predicted octanol–water partition coefficient (Wildman–Crippen LogP) is 6.83. The number of alkyl halides is 1. The molecule has 0 radical (unpaired) electrons. The standard InChI is InChI=1S/C18H29Br/c1-3-5-7-8-9-11-18(19)17-14-12-16(13-15-17)10-6-4-2/h12-15,18H,3-11H2,1-2H3. The van der Waals surface area contributed by atoms with E-state index in [4.69, 9.17) is 0 Å². The highest BCUT2D eigenvalue weighted by atomic mass is 79.9. The summed E-state index contributed by atoms with van der Waals surface area (Å²) in [4.78, 5) is 0.536. The van der Waals surface area contributed by atoms with Gasteiger partial charge < -0.3 is 0 Å². The largest absolute Gasteiger partial charge is 0.0839 e. The summed E-state index contributed by atoms with van der Waals surface area (Å²) in [5.74, 6) is 0. The molecule has 0 saturated heterocycles. The molecule has 0 nitrogen and oxygen atoms in total. The molecule has 0 aliphatic rings. The summed E-state index contributed by atoms with van der Waals surface area (Å²) < 4.78 is 0. The second-order valence-electron chi connectivity index (χ2n) is 5.52. The first-order valence-corrected chi connectivity index (χ1v) is 8.92. The van der Waals surface area contributed by atoms with E-state index in [-0.39, 0.29) is 0 Å². The molecule has 0 aliphatic carbocycles. The lowest BCUT2D eigenvalue weighted by molar-refractivity contribution is 0.606. The Bertz CT molecular complexity index is 315. The minimum absolute atomic E-state index is 0.536. The van der Waals surface area contributed by atoms with E-state index in [0.29, 0.717) is 4.83 Å². The van der Waals surface area contributed by atoms with Crippen LogP contribution in [0.15, 0.2) is 24.3 Å². The number of hydrogen-bond donors (Lipinski definition) is 0. The molecule has 0 fully saturated rings. The molecule has 0 bridgehead atoms. The van der Waals surface area contributed by atoms with Gasteiger partial charge in [0.25, 0.3) is 0 Å². The molecular formula is C18H29Br. The Kier molecular flexibility index (Phi) is 9.24. The quantitative estimate of drug-likeness (QED) is 0.327. The lowest BCUT2D eigenvalue weighted by Crippen LogP contribution is -1.92. The fourth-order valence-electron chi connectivity index (χ4n) is 2.37. The van der Waals surface area contributed by atoms with E-state index in [1.54, 1.807) is 0 Å². The first-order valence-electron chi connectivity index (χ1n) is 8.00. The summed E-state index contributed by atoms with van der Waals surface area (Å²) in [6.07, 6.45) is 11.9. The SMILES string of the molecule is CCCCCCCC(Br)c1ccc(CCCC)cc1. The summed E-state index contributed by atoms with van der Waals surface area (Å²) in [6.45, 7) is 4.52. The third kappa shape index (κ3) is 7.15. The van der Waals surface area contributed by atoms with Crippen molar-refractivity contribution in [3.8, 4) is 0 Å². The van der Waals surface area contributed by atoms with Gasteiger partial charge >= 0.3 is 0 Å². The number of hydrogen-bond acceptors (Lipinski definition) is 0. The second kappa shape index (κ2) is 10.5. The molecule has 1 aromatic rings. The van der Waals surface area contributed by atoms with E-state index in [1.807, 2.05) is 0 Å². The lowest BCUT2D eigenvalue weighted by atomic mass is 10.0. The first kappa shape index (κ1) is 16.8. The van der Waals surface area contributed by atoms with Gasteiger partial charge in [0, 0.05) is 4.83 Å². The molecule has 1 heteroatoms. The van der Waals surface area contributed by atoms with Crippen molar-refractivity contribution in [2.24, 2.45) is 0 Å². The van der Waals surface area contributed by atoms with Crippen LogP contribution in [-0.2, 0) is 6.42 Å². The average Bonchev–Trinajstić information content (AvgIpc) is 2.45. The molecule has 1 unspecified atom stereocenters. The first-order chi connectivity index (χ1) is 9.27. The summed E-state index contributed by atoms with van der Waals surface area (Å²) in [7, 11) is 0. The molecule has 0 N–H and O–H groups in total. The van der Waals surface area contributed by atoms with Gasteiger partial charge in [0.05, 0.1) is 0 Å². The lowest BCUT2D eigenvalue weighted by Gasteiger charge is -2.11. The van der Waals surface area contributed by atoms with Gasteiger partial charge in [-0.3, -0.25) is 0 Å². The van der Waals surface area contributed by atoms with Crippen molar-refractivity contribution in [2.75, 3.05) is 0 Å². The number of rotatable bonds is 10. The van der Waals surface area contributed by atoms with Crippen molar-refractivity contribution in [2.45, 2.75) is 76.5 Å². The molecule has 19 heavy (non-hydrogen) atoms. The molecule has 0 heterocycles. The zero-order chi connectivity index (χ0) is 13.9. The van der Waals surface area contributed by atoms with Gasteiger partial charge in [0.2, 0.25) is 0 Å². The number of unbranched alkanes of at least 4 members (excludes halogenated alkanes) is 5. The van der Waals surface area contributed by atoms with Crippen molar-refractivity contribution >= 4 is 15.9 Å². The third-order valence-corrected chi connectivity index (χ3v) is 4.71. The van der Waals surface area contributed by atoms with Crippen molar-refractivity contribution in [1.82, 2.24) is 0 Å². The van der Waals surface area contributed by atoms with Crippen molar-refractivity contribution < 1.29 is 0 Å². The minimum Gasteiger partial charge on any atom is -0.0839 e. The Morgan fingerprint density at radius 3 is 2.11 bits per heavy atom. The van der Waals surface area contributed by atoms with Crippen LogP contribution in [0.5, 0.6) is 0 Å². The summed E-state index contributed by atoms with van der Waals surface area (Å²) in [5.41, 5.74) is 2.92. The third-order valence-electron chi connectivity index (χ3n) is 3.72. The van der Waals surface area contributed by atoms with Crippen LogP contribution in [0.2, 0.25) is 0 Å². The Morgan fingerprint density at radius 1 is 0.842 bits per heavy atom. The molecule has 1 rings (SSSR count). The number of aryl methyl sites for hydroxylation is 1. The molecule has 0 spiro atoms. The van der Waals surface area contributed by atoms with Gasteiger partial charge in [-0.25, -0.2) is 0 Å². The van der Waals surface area contributed by atoms with Gasteiger partial charge in [-0.15, -0.1) is 0 Å². The van der Waals surface area contributed by atoms with E-state index < -0.39 is 0 Å². The van der Waals surface area contributed by atoms with Gasteiger partial charge in [0.15, 0.2) is 0 Å². The van der Waals surface area contributed by atoms with E-state index >= 15 is 0 Å². The van der Waals surface area contributed by atoms with E-state index in [0.717, 1.165) is 0 Å². The molecule has 0 aliphatic heterocycles. The molecule has 1 atom stereocenters. The van der Waals surface area contributed by atoms with E-state index in [1.165, 1.54) is 68.9 Å². The Morgan fingerprint density at radius 2 is 1.47 bits per heavy atom. The minimum atomic E-state index is 0.536. The Balaban J connectivity index is 2.29. The van der Waals surface area contributed by atoms with Crippen LogP contribution in [0.1, 0.15) is 81.2 Å². The van der Waals surface area contributed by atoms with Crippen molar-refractivity contribution in [3.63, 3.8) is 0 Å². The van der Waals surface area contributed by atoms with E-state index in [9.17, 15) is 0 Å². The average molecular weight is 325 g/mol. The molecule has 1 aromatic carbocycles. The van der Waals surface area contributed by atoms with Crippen LogP contribution in [0, 0.1) is 0 Å². The fourth-order valence-corrected chi connectivity index (χ4v) is 3.00. The second-order valence-corrected chi connectivity index (χ2v) is 6.62. The highest BCUT2D eigenvalue weighted by molar-refractivity contribution is 9.09. The maximum absolute atomic E-state index is 3.83. The van der Waals surface area contributed by atoms with Crippen LogP contribution >= 0.6 is 15.9 Å². The van der Waals surface area contributed by atoms with E-state index in [2.05, 4.69) is 54.0 Å². The zero-order valence-corrected chi connectivity index (χ0v) is 14.2. The molecule has 0 saturated carbocycles. The highest BCUT2D eigenvalue weighted by Crippen LogP contribution is 2.29. The van der Waals surface area contributed by atoms with Gasteiger partial charge in [-0.05, 0) is 30.4 Å². The van der Waals surface area contributed by atoms with Gasteiger partial charge in [0.1, 0.15) is 0 Å². The number of benzene rings is 1. The molecule has 108 valence electrons. The topological polar surface area (TPSA) is 0 Å². The maximum atomic E-state index is 3.83. The maximum Gasteiger partial charge on any atom is 0.0395 e. The normalized spacial score (nSPS) is 12.6. The van der Waals surface area contributed by atoms with Crippen molar-refractivity contribution in [1.29, 1.82) is 0 Å². The summed E-state index contributed by atoms with van der Waals surface area (Å²) >= 11 is 3.83. The van der Waals surface area contributed by atoms with Gasteiger partial charge in [-0.2, -0.15) is 0 Å². The van der Waals surface area contributed by atoms with Crippen LogP contribution in [0.4, 0.5) is 0 Å². The van der Waals surface area contributed by atoms with Crippen LogP contribution in [0.25, 0.3) is 0 Å². The van der Waals surface area contributed by atoms with Crippen molar-refractivity contribution in [3.05, 3.63) is 35.4 Å². The molecular weight excluding hydrogens is 296 g/mol. The predicted molar refractivity (Wildman–Crippen MR) is 90.1 cm³/mol. The monoisotopic (exact) mass is 324 g/mol. The molecule has 0 amide bonds. The zero-order valence-electron chi connectivity index (χ0n) is 12.6. The summed E-state index contributed by atoms with van der Waals surface area (Å²) in [5, 5.41) is 0. The van der Waals surface area contributed by atoms with Crippen LogP contribution in [-0.4, -0.2) is 0 Å². The van der Waals surface area contributed by atoms with Crippen LogP contribution in [0.3, 0.4) is 0 Å². The summed E-state index contributed by atoms with van der Waals surface area (Å²) in [6, 6.07) is 9.21. The Hall–Kier alpha value is -0.300. The van der Waals surface area contributed by atoms with Crippen LogP contribution < -0.4 is 0 Å². The fraction of sp³-hybridized carbons (Fsp3) is 0.667.